The van der Waals surface area contributed by atoms with Crippen molar-refractivity contribution in [3.8, 4) is 5.75 Å². The topological polar surface area (TPSA) is 158 Å². The Hall–Kier alpha value is -3.65. The van der Waals surface area contributed by atoms with Crippen LogP contribution in [0.4, 0.5) is 0 Å². The van der Waals surface area contributed by atoms with Crippen molar-refractivity contribution in [1.29, 1.82) is 0 Å². The van der Waals surface area contributed by atoms with E-state index in [9.17, 15) is 34.8 Å². The smallest absolute Gasteiger partial charge is 0.255 e. The van der Waals surface area contributed by atoms with E-state index in [0.717, 1.165) is 35.5 Å². The molecule has 1 amide bonds. The monoisotopic (exact) mass is 587 g/mol. The Labute approximate surface area is 251 Å². The molecule has 0 spiro atoms. The minimum Gasteiger partial charge on any atom is -0.508 e. The number of Topliss-reactive ketones (excluding diaryl/α,β-unsaturated/α-hetero) is 2. The first-order valence-electron chi connectivity index (χ1n) is 15.6. The van der Waals surface area contributed by atoms with Gasteiger partial charge in [-0.05, 0) is 85.0 Å². The molecule has 0 saturated heterocycles. The number of hydrogen-bond donors (Lipinski definition) is 5. The van der Waals surface area contributed by atoms with E-state index in [1.54, 1.807) is 13.8 Å². The number of aromatic hydroxyl groups is 1. The molecule has 2 saturated carbocycles. The SMILES string of the molecule is CC1CCC(CC2=CC=C(c3ccc(O)c4c3C[C@H]3C[C@H]5[C@H](C(C)C)C(=O)C(C(N)=O)=C(O)[C@@]5(O)C(=O)C3=C4O)C2)CC1. The fourth-order valence-corrected chi connectivity index (χ4v) is 8.60. The average molecular weight is 588 g/mol. The molecule has 2 fully saturated rings. The van der Waals surface area contributed by atoms with Gasteiger partial charge in [0.15, 0.2) is 11.4 Å². The predicted molar refractivity (Wildman–Crippen MR) is 162 cm³/mol. The van der Waals surface area contributed by atoms with Crippen LogP contribution in [0.2, 0.25) is 0 Å². The van der Waals surface area contributed by atoms with Crippen molar-refractivity contribution in [3.05, 3.63) is 63.5 Å². The molecule has 1 aromatic rings. The highest BCUT2D eigenvalue weighted by Gasteiger charge is 2.64. The van der Waals surface area contributed by atoms with E-state index in [0.29, 0.717) is 12.3 Å². The van der Waals surface area contributed by atoms with Gasteiger partial charge in [0.2, 0.25) is 5.78 Å². The first kappa shape index (κ1) is 29.4. The molecular formula is C35H41NO7. The molecule has 8 nitrogen and oxygen atoms in total. The first-order valence-corrected chi connectivity index (χ1v) is 15.6. The van der Waals surface area contributed by atoms with Crippen molar-refractivity contribution in [2.75, 3.05) is 0 Å². The fourth-order valence-electron chi connectivity index (χ4n) is 8.60. The number of carbonyl (C=O) groups is 3. The zero-order chi connectivity index (χ0) is 31.0. The number of rotatable bonds is 5. The van der Waals surface area contributed by atoms with Crippen molar-refractivity contribution in [1.82, 2.24) is 0 Å². The van der Waals surface area contributed by atoms with E-state index in [2.05, 4.69) is 19.1 Å². The number of fused-ring (bicyclic) bond motifs is 3. The standard InChI is InChI=1S/C35H41NO7/c1-16(2)26-24-15-21-14-23-22(20-9-8-19(13-20)12-18-6-4-17(3)5-7-18)10-11-25(37)28(23)31(39)27(21)32(40)35(24,43)33(41)29(30(26)38)34(36)42/h8-11,16-18,21,24,26,37,39,41,43H,4-7,12-15H2,1-3H3,(H2,36,42)/t17?,18?,21-,24-,26-,35-/m0/s1. The molecule has 6 N–H and O–H groups in total. The number of aliphatic hydroxyl groups excluding tert-OH is 2. The third-order valence-electron chi connectivity index (χ3n) is 10.8. The van der Waals surface area contributed by atoms with Gasteiger partial charge in [0.05, 0.1) is 5.56 Å². The summed E-state index contributed by atoms with van der Waals surface area (Å²) in [5, 5.41) is 45.3. The van der Waals surface area contributed by atoms with Gasteiger partial charge < -0.3 is 26.2 Å². The maximum absolute atomic E-state index is 14.1. The first-order chi connectivity index (χ1) is 20.3. The average Bonchev–Trinajstić information content (AvgIpc) is 3.40. The van der Waals surface area contributed by atoms with Crippen LogP contribution >= 0.6 is 0 Å². The number of nitrogens with two attached hydrogens (primary N) is 1. The van der Waals surface area contributed by atoms with Crippen LogP contribution in [0.15, 0.2) is 46.8 Å². The van der Waals surface area contributed by atoms with Crippen LogP contribution in [0.25, 0.3) is 11.3 Å². The highest BCUT2D eigenvalue weighted by atomic mass is 16.3. The molecule has 0 unspecified atom stereocenters. The fraction of sp³-hybridized carbons (Fsp3) is 0.514. The zero-order valence-electron chi connectivity index (χ0n) is 25.0. The summed E-state index contributed by atoms with van der Waals surface area (Å²) >= 11 is 0. The van der Waals surface area contributed by atoms with Crippen molar-refractivity contribution >= 4 is 28.8 Å². The molecule has 0 heterocycles. The number of primary amides is 1. The molecule has 1 aromatic carbocycles. The third kappa shape index (κ3) is 4.48. The van der Waals surface area contributed by atoms with E-state index in [4.69, 9.17) is 5.73 Å². The van der Waals surface area contributed by atoms with Crippen molar-refractivity contribution in [2.45, 2.75) is 77.7 Å². The molecule has 4 atom stereocenters. The van der Waals surface area contributed by atoms with Crippen LogP contribution in [0.1, 0.15) is 82.4 Å². The molecule has 0 bridgehead atoms. The van der Waals surface area contributed by atoms with Crippen LogP contribution in [0, 0.1) is 35.5 Å². The quantitative estimate of drug-likeness (QED) is 0.295. The number of amides is 1. The molecule has 0 aliphatic heterocycles. The van der Waals surface area contributed by atoms with E-state index in [-0.39, 0.29) is 29.2 Å². The summed E-state index contributed by atoms with van der Waals surface area (Å²) < 4.78 is 0. The summed E-state index contributed by atoms with van der Waals surface area (Å²) in [5.74, 6) is -5.97. The summed E-state index contributed by atoms with van der Waals surface area (Å²) in [6, 6.07) is 3.36. The highest BCUT2D eigenvalue weighted by Crippen LogP contribution is 2.55. The van der Waals surface area contributed by atoms with Gasteiger partial charge >= 0.3 is 0 Å². The van der Waals surface area contributed by atoms with Crippen molar-refractivity contribution < 1.29 is 34.8 Å². The lowest BCUT2D eigenvalue weighted by Crippen LogP contribution is -2.62. The maximum Gasteiger partial charge on any atom is 0.255 e. The number of carbonyl (C=O) groups excluding carboxylic acids is 3. The van der Waals surface area contributed by atoms with E-state index in [1.807, 2.05) is 6.07 Å². The van der Waals surface area contributed by atoms with Gasteiger partial charge in [-0.15, -0.1) is 0 Å². The lowest BCUT2D eigenvalue weighted by Gasteiger charge is -2.50. The number of phenols is 1. The van der Waals surface area contributed by atoms with Gasteiger partial charge in [-0.25, -0.2) is 0 Å². The van der Waals surface area contributed by atoms with Gasteiger partial charge in [0.1, 0.15) is 22.8 Å². The molecule has 5 aliphatic rings. The Morgan fingerprint density at radius 2 is 1.77 bits per heavy atom. The van der Waals surface area contributed by atoms with Gasteiger partial charge in [0, 0.05) is 17.4 Å². The van der Waals surface area contributed by atoms with Crippen molar-refractivity contribution in [3.63, 3.8) is 0 Å². The minimum absolute atomic E-state index is 0.114. The maximum atomic E-state index is 14.1. The highest BCUT2D eigenvalue weighted by molar-refractivity contribution is 6.23. The second-order valence-electron chi connectivity index (χ2n) is 13.8. The van der Waals surface area contributed by atoms with Crippen LogP contribution in [-0.2, 0) is 20.8 Å². The zero-order valence-corrected chi connectivity index (χ0v) is 25.0. The molecule has 43 heavy (non-hydrogen) atoms. The predicted octanol–water partition coefficient (Wildman–Crippen LogP) is 5.24. The number of hydrogen-bond acceptors (Lipinski definition) is 7. The third-order valence-corrected chi connectivity index (χ3v) is 10.8. The summed E-state index contributed by atoms with van der Waals surface area (Å²) in [4.78, 5) is 39.6. The minimum atomic E-state index is -2.60. The second-order valence-corrected chi connectivity index (χ2v) is 13.8. The van der Waals surface area contributed by atoms with Gasteiger partial charge in [-0.3, -0.25) is 14.4 Å². The van der Waals surface area contributed by atoms with Gasteiger partial charge in [-0.2, -0.15) is 0 Å². The molecule has 8 heteroatoms. The van der Waals surface area contributed by atoms with Gasteiger partial charge in [-0.1, -0.05) is 57.4 Å². The Morgan fingerprint density at radius 3 is 2.42 bits per heavy atom. The Kier molecular flexibility index (Phi) is 7.19. The molecular weight excluding hydrogens is 546 g/mol. The van der Waals surface area contributed by atoms with E-state index < -0.39 is 57.9 Å². The number of ketones is 2. The molecule has 0 aromatic heterocycles. The van der Waals surface area contributed by atoms with E-state index >= 15 is 0 Å². The summed E-state index contributed by atoms with van der Waals surface area (Å²) in [5.41, 5.74) is 6.15. The molecule has 0 radical (unpaired) electrons. The Balaban J connectivity index is 1.37. The Bertz CT molecular complexity index is 1550. The lowest BCUT2D eigenvalue weighted by molar-refractivity contribution is -0.155. The van der Waals surface area contributed by atoms with Crippen LogP contribution in [0.5, 0.6) is 5.75 Å². The number of aliphatic hydroxyl groups is 3. The number of benzene rings is 1. The van der Waals surface area contributed by atoms with Crippen LogP contribution < -0.4 is 5.73 Å². The Morgan fingerprint density at radius 1 is 1.07 bits per heavy atom. The lowest BCUT2D eigenvalue weighted by atomic mass is 9.54. The summed E-state index contributed by atoms with van der Waals surface area (Å²) in [6.45, 7) is 5.84. The molecule has 228 valence electrons. The summed E-state index contributed by atoms with van der Waals surface area (Å²) in [7, 11) is 0. The molecule has 5 aliphatic carbocycles. The number of allylic oxidation sites excluding steroid dienone is 4. The van der Waals surface area contributed by atoms with E-state index in [1.165, 1.54) is 37.3 Å². The molecule has 6 rings (SSSR count). The normalized spacial score (nSPS) is 32.3. The summed E-state index contributed by atoms with van der Waals surface area (Å²) in [6.07, 6.45) is 11.6. The van der Waals surface area contributed by atoms with Crippen molar-refractivity contribution in [2.24, 2.45) is 41.2 Å². The largest absolute Gasteiger partial charge is 0.508 e. The second kappa shape index (κ2) is 10.5. The number of phenolic OH excluding ortho intramolecular Hbond substituents is 1. The van der Waals surface area contributed by atoms with Crippen LogP contribution in [0.3, 0.4) is 0 Å². The van der Waals surface area contributed by atoms with Gasteiger partial charge in [0.25, 0.3) is 5.91 Å². The van der Waals surface area contributed by atoms with Crippen LogP contribution in [-0.4, -0.2) is 43.5 Å².